The van der Waals surface area contributed by atoms with Crippen LogP contribution in [-0.2, 0) is 30.7 Å². The third-order valence-corrected chi connectivity index (χ3v) is 18.6. The number of hydrogen-bond donors (Lipinski definition) is 0. The minimum Gasteiger partial charge on any atom is -0.493 e. The van der Waals surface area contributed by atoms with Crippen molar-refractivity contribution in [2.45, 2.75) is 95.2 Å². The van der Waals surface area contributed by atoms with Gasteiger partial charge in [0.2, 0.25) is 14.2 Å². The lowest BCUT2D eigenvalue weighted by atomic mass is 9.79. The summed E-state index contributed by atoms with van der Waals surface area (Å²) in [7, 11) is 0.675. The normalized spacial score (nSPS) is 15.6. The van der Waals surface area contributed by atoms with E-state index in [1.165, 1.54) is 4.90 Å². The van der Waals surface area contributed by atoms with Crippen LogP contribution in [0.2, 0.25) is 16.6 Å². The highest BCUT2D eigenvalue weighted by molar-refractivity contribution is 6.77. The van der Waals surface area contributed by atoms with E-state index >= 15 is 0 Å². The first-order valence-corrected chi connectivity index (χ1v) is 23.8. The van der Waals surface area contributed by atoms with Crippen molar-refractivity contribution in [3.05, 3.63) is 167 Å². The van der Waals surface area contributed by atoms with Crippen molar-refractivity contribution in [3.63, 3.8) is 0 Å². The van der Waals surface area contributed by atoms with Gasteiger partial charge in [0.05, 0.1) is 33.0 Å². The van der Waals surface area contributed by atoms with Gasteiger partial charge in [-0.2, -0.15) is 0 Å². The van der Waals surface area contributed by atoms with Gasteiger partial charge in [0.25, 0.3) is 0 Å². The van der Waals surface area contributed by atoms with Crippen LogP contribution in [-0.4, -0.2) is 58.7 Å². The lowest BCUT2D eigenvalue weighted by Gasteiger charge is -2.47. The third-order valence-electron chi connectivity index (χ3n) is 12.5. The average molecular weight is 842 g/mol. The maximum absolute atomic E-state index is 14.5. The maximum Gasteiger partial charge on any atom is 0.416 e. The van der Waals surface area contributed by atoms with E-state index in [0.717, 1.165) is 27.8 Å². The molecule has 0 spiro atoms. The summed E-state index contributed by atoms with van der Waals surface area (Å²) >= 11 is 0. The zero-order chi connectivity index (χ0) is 43.6. The Kier molecular flexibility index (Phi) is 15.3. The average Bonchev–Trinajstić information content (AvgIpc) is 3.65. The van der Waals surface area contributed by atoms with E-state index in [0.29, 0.717) is 24.3 Å². The zero-order valence-electron chi connectivity index (χ0n) is 37.1. The highest BCUT2D eigenvalue weighted by Crippen LogP contribution is 2.49. The number of carbonyl (C=O) groups is 2. The number of ether oxygens (including phenoxy) is 4. The van der Waals surface area contributed by atoms with E-state index < -0.39 is 32.2 Å². The van der Waals surface area contributed by atoms with E-state index in [1.54, 1.807) is 14.2 Å². The van der Waals surface area contributed by atoms with E-state index in [1.807, 2.05) is 103 Å². The molecule has 3 atom stereocenters. The van der Waals surface area contributed by atoms with Crippen LogP contribution >= 0.6 is 0 Å². The Bertz CT molecular complexity index is 2030. The first kappa shape index (κ1) is 45.3. The van der Waals surface area contributed by atoms with Gasteiger partial charge in [-0.1, -0.05) is 169 Å². The second kappa shape index (κ2) is 20.6. The second-order valence-electron chi connectivity index (χ2n) is 17.0. The number of carbonyl (C=O) groups excluding carboxylic acids is 2. The molecule has 0 aromatic heterocycles. The number of rotatable bonds is 20. The van der Waals surface area contributed by atoms with Crippen molar-refractivity contribution in [2.75, 3.05) is 27.4 Å². The fourth-order valence-electron chi connectivity index (χ4n) is 9.65. The number of amides is 2. The molecule has 61 heavy (non-hydrogen) atoms. The SMILES string of the molecule is COc1ccc([C@@H](O[Si](C(C)C)(C(C)C)C(C)C)[C@@H](CCC(=O)N2C(=O)OC[C@H]2Cc2ccccc2)COC(c2ccccc2)(c2ccccc2)c2ccccc2)cc1OC. The molecule has 322 valence electrons. The molecule has 5 aromatic rings. The van der Waals surface area contributed by atoms with Crippen LogP contribution in [0.25, 0.3) is 0 Å². The molecular formula is C52H63NO7Si. The molecule has 2 amide bonds. The van der Waals surface area contributed by atoms with Gasteiger partial charge in [0.15, 0.2) is 11.5 Å². The summed E-state index contributed by atoms with van der Waals surface area (Å²) in [4.78, 5) is 29.1. The Hall–Kier alpha value is -5.22. The quantitative estimate of drug-likeness (QED) is 0.0570. The van der Waals surface area contributed by atoms with Gasteiger partial charge in [-0.15, -0.1) is 0 Å². The van der Waals surface area contributed by atoms with Gasteiger partial charge in [-0.3, -0.25) is 4.79 Å². The van der Waals surface area contributed by atoms with Gasteiger partial charge in [-0.25, -0.2) is 9.69 Å². The number of imide groups is 1. The van der Waals surface area contributed by atoms with Crippen molar-refractivity contribution >= 4 is 20.3 Å². The van der Waals surface area contributed by atoms with E-state index in [2.05, 4.69) is 77.9 Å². The van der Waals surface area contributed by atoms with Crippen LogP contribution in [0.4, 0.5) is 4.79 Å². The Balaban J connectivity index is 1.49. The summed E-state index contributed by atoms with van der Waals surface area (Å²) in [6.45, 7) is 14.1. The van der Waals surface area contributed by atoms with Crippen molar-refractivity contribution in [1.82, 2.24) is 4.90 Å². The lowest BCUT2D eigenvalue weighted by molar-refractivity contribution is -0.130. The standard InChI is InChI=1S/C52H63NO7Si/c1-37(2)61(38(3)4,39(5)6)60-50(41-29-31-47(56-7)48(34-41)57-8)42(30-32-49(54)53-46(36-58-51(53)55)33-40-21-13-9-14-22-40)35-59-52(43-23-15-10-16-24-43,44-25-17-11-18-26-44)45-27-19-12-20-28-45/h9-29,31,34,37-39,42,46,50H,30,32-33,35-36H2,1-8H3/t42-,46+,50+/m0/s1. The molecule has 1 fully saturated rings. The molecule has 5 aromatic carbocycles. The third kappa shape index (κ3) is 9.80. The Morgan fingerprint density at radius 1 is 0.705 bits per heavy atom. The Morgan fingerprint density at radius 3 is 1.67 bits per heavy atom. The predicted octanol–water partition coefficient (Wildman–Crippen LogP) is 11.9. The molecule has 9 heteroatoms. The van der Waals surface area contributed by atoms with Crippen LogP contribution < -0.4 is 9.47 Å². The number of methoxy groups -OCH3 is 2. The van der Waals surface area contributed by atoms with Gasteiger partial charge >= 0.3 is 6.09 Å². The van der Waals surface area contributed by atoms with Gasteiger partial charge in [-0.05, 0) is 69.4 Å². The molecule has 0 unspecified atom stereocenters. The number of nitrogens with zero attached hydrogens (tertiary/aromatic N) is 1. The molecule has 0 N–H and O–H groups in total. The van der Waals surface area contributed by atoms with Crippen molar-refractivity contribution < 1.29 is 33.0 Å². The fourth-order valence-corrected chi connectivity index (χ4v) is 15.2. The van der Waals surface area contributed by atoms with Crippen LogP contribution in [0, 0.1) is 5.92 Å². The van der Waals surface area contributed by atoms with Crippen molar-refractivity contribution in [3.8, 4) is 11.5 Å². The number of hydrogen-bond acceptors (Lipinski definition) is 7. The molecular weight excluding hydrogens is 779 g/mol. The minimum atomic E-state index is -2.60. The largest absolute Gasteiger partial charge is 0.493 e. The van der Waals surface area contributed by atoms with Crippen molar-refractivity contribution in [2.24, 2.45) is 5.92 Å². The molecule has 1 saturated heterocycles. The van der Waals surface area contributed by atoms with Gasteiger partial charge in [0, 0.05) is 12.3 Å². The van der Waals surface area contributed by atoms with E-state index in [9.17, 15) is 9.59 Å². The Morgan fingerprint density at radius 2 is 1.20 bits per heavy atom. The number of benzene rings is 5. The van der Waals surface area contributed by atoms with E-state index in [-0.39, 0.29) is 48.1 Å². The molecule has 0 bridgehead atoms. The van der Waals surface area contributed by atoms with Gasteiger partial charge in [0.1, 0.15) is 12.2 Å². The topological polar surface area (TPSA) is 83.5 Å². The van der Waals surface area contributed by atoms with Crippen LogP contribution in [0.1, 0.15) is 88.3 Å². The van der Waals surface area contributed by atoms with Crippen LogP contribution in [0.3, 0.4) is 0 Å². The first-order valence-electron chi connectivity index (χ1n) is 21.7. The van der Waals surface area contributed by atoms with Crippen LogP contribution in [0.5, 0.6) is 11.5 Å². The molecule has 8 nitrogen and oxygen atoms in total. The monoisotopic (exact) mass is 841 g/mol. The second-order valence-corrected chi connectivity index (χ2v) is 22.5. The summed E-state index contributed by atoms with van der Waals surface area (Å²) in [6, 6.07) is 46.5. The molecule has 1 heterocycles. The molecule has 6 rings (SSSR count). The smallest absolute Gasteiger partial charge is 0.416 e. The molecule has 0 aliphatic carbocycles. The summed E-state index contributed by atoms with van der Waals surface area (Å²) in [5, 5.41) is 0. The summed E-state index contributed by atoms with van der Waals surface area (Å²) < 4.78 is 32.6. The first-order chi connectivity index (χ1) is 29.5. The van der Waals surface area contributed by atoms with Gasteiger partial charge < -0.3 is 23.4 Å². The summed E-state index contributed by atoms with van der Waals surface area (Å²) in [5.41, 5.74) is 4.67. The highest BCUT2D eigenvalue weighted by Gasteiger charge is 2.49. The van der Waals surface area contributed by atoms with Crippen molar-refractivity contribution in [1.29, 1.82) is 0 Å². The fraction of sp³-hybridized carbons (Fsp3) is 0.385. The molecule has 1 aliphatic heterocycles. The maximum atomic E-state index is 14.5. The van der Waals surface area contributed by atoms with Crippen LogP contribution in [0.15, 0.2) is 140 Å². The Labute approximate surface area is 364 Å². The number of cyclic esters (lactones) is 1. The minimum absolute atomic E-state index is 0.0795. The highest BCUT2D eigenvalue weighted by atomic mass is 28.4. The summed E-state index contributed by atoms with van der Waals surface area (Å²) in [6.07, 6.45) is -0.157. The zero-order valence-corrected chi connectivity index (χ0v) is 38.1. The van der Waals surface area contributed by atoms with E-state index in [4.69, 9.17) is 23.4 Å². The molecule has 0 saturated carbocycles. The summed E-state index contributed by atoms with van der Waals surface area (Å²) in [5.74, 6) is 0.555. The predicted molar refractivity (Wildman–Crippen MR) is 244 cm³/mol. The molecule has 1 aliphatic rings. The lowest BCUT2D eigenvalue weighted by Crippen LogP contribution is -2.50. The molecule has 0 radical (unpaired) electrons.